The van der Waals surface area contributed by atoms with Gasteiger partial charge in [0.15, 0.2) is 0 Å². The van der Waals surface area contributed by atoms with Crippen LogP contribution in [-0.4, -0.2) is 46.4 Å². The van der Waals surface area contributed by atoms with Crippen LogP contribution in [0, 0.1) is 5.92 Å². The van der Waals surface area contributed by atoms with Gasteiger partial charge in [-0.3, -0.25) is 5.32 Å². The lowest BCUT2D eigenvalue weighted by Crippen LogP contribution is -2.41. The van der Waals surface area contributed by atoms with Crippen LogP contribution in [0.1, 0.15) is 60.1 Å². The summed E-state index contributed by atoms with van der Waals surface area (Å²) in [7, 11) is 0. The maximum absolute atomic E-state index is 12.1. The highest BCUT2D eigenvalue weighted by Crippen LogP contribution is 2.21. The Balaban J connectivity index is 1.86. The Labute approximate surface area is 173 Å². The summed E-state index contributed by atoms with van der Waals surface area (Å²) >= 11 is 0. The smallest absolute Gasteiger partial charge is 0.413 e. The van der Waals surface area contributed by atoms with Crippen LogP contribution in [0.3, 0.4) is 0 Å². The molecule has 2 heterocycles. The molecule has 1 aromatic heterocycles. The summed E-state index contributed by atoms with van der Waals surface area (Å²) in [5.74, 6) is 0.819. The summed E-state index contributed by atoms with van der Waals surface area (Å²) < 4.78 is 10.7. The number of hydrogen-bond donors (Lipinski definition) is 1. The first-order valence-electron chi connectivity index (χ1n) is 10.0. The van der Waals surface area contributed by atoms with E-state index < -0.39 is 17.3 Å². The molecule has 0 spiro atoms. The van der Waals surface area contributed by atoms with Crippen molar-refractivity contribution in [2.24, 2.45) is 5.92 Å². The molecule has 1 N–H and O–H groups in total. The van der Waals surface area contributed by atoms with Gasteiger partial charge in [0.05, 0.1) is 5.69 Å². The third-order valence-corrected chi connectivity index (χ3v) is 4.13. The molecule has 7 nitrogen and oxygen atoms in total. The van der Waals surface area contributed by atoms with Crippen LogP contribution in [0.2, 0.25) is 0 Å². The van der Waals surface area contributed by atoms with Crippen molar-refractivity contribution >= 4 is 24.1 Å². The summed E-state index contributed by atoms with van der Waals surface area (Å²) in [6, 6.07) is 5.44. The van der Waals surface area contributed by atoms with Crippen molar-refractivity contribution in [2.45, 2.75) is 65.6 Å². The predicted octanol–water partition coefficient (Wildman–Crippen LogP) is 5.09. The summed E-state index contributed by atoms with van der Waals surface area (Å²) in [5.41, 5.74) is -0.277. The van der Waals surface area contributed by atoms with Gasteiger partial charge in [0.2, 0.25) is 0 Å². The number of nitrogens with one attached hydrogen (secondary N) is 1. The average molecular weight is 404 g/mol. The first-order valence-corrected chi connectivity index (χ1v) is 10.0. The molecule has 29 heavy (non-hydrogen) atoms. The maximum Gasteiger partial charge on any atom is 0.413 e. The number of aromatic nitrogens is 1. The van der Waals surface area contributed by atoms with Crippen molar-refractivity contribution in [3.63, 3.8) is 0 Å². The second-order valence-corrected chi connectivity index (χ2v) is 9.24. The number of amides is 2. The van der Waals surface area contributed by atoms with Crippen molar-refractivity contribution in [1.82, 2.24) is 9.88 Å². The van der Waals surface area contributed by atoms with E-state index in [1.807, 2.05) is 59.8 Å². The van der Waals surface area contributed by atoms with Crippen molar-refractivity contribution in [2.75, 3.05) is 18.4 Å². The van der Waals surface area contributed by atoms with Crippen LogP contribution in [0.4, 0.5) is 15.4 Å². The average Bonchev–Trinajstić information content (AvgIpc) is 2.57. The highest BCUT2D eigenvalue weighted by molar-refractivity contribution is 5.83. The van der Waals surface area contributed by atoms with Crippen LogP contribution in [0.5, 0.6) is 0 Å². The number of pyridine rings is 1. The fraction of sp³-hybridized carbons (Fsp3) is 0.591. The van der Waals surface area contributed by atoms with Crippen molar-refractivity contribution in [3.05, 3.63) is 30.0 Å². The third kappa shape index (κ3) is 8.54. The van der Waals surface area contributed by atoms with Gasteiger partial charge >= 0.3 is 12.2 Å². The fourth-order valence-corrected chi connectivity index (χ4v) is 2.86. The van der Waals surface area contributed by atoms with Gasteiger partial charge in [0.25, 0.3) is 0 Å². The number of nitrogens with zero attached hydrogens (tertiary/aromatic N) is 2. The zero-order chi connectivity index (χ0) is 21.7. The normalized spacial score (nSPS) is 16.0. The molecule has 1 aromatic rings. The molecule has 7 heteroatoms. The number of anilines is 1. The molecular formula is C22H33N3O4. The summed E-state index contributed by atoms with van der Waals surface area (Å²) in [5, 5.41) is 2.65. The number of allylic oxidation sites excluding steroid dienone is 1. The number of ether oxygens (including phenoxy) is 2. The van der Waals surface area contributed by atoms with Gasteiger partial charge in [0, 0.05) is 13.1 Å². The molecule has 0 bridgehead atoms. The number of carbonyl (C=O) groups excluding carboxylic acids is 2. The maximum atomic E-state index is 12.1. The molecule has 160 valence electrons. The molecule has 2 amide bonds. The van der Waals surface area contributed by atoms with E-state index in [0.717, 1.165) is 18.5 Å². The Hall–Kier alpha value is -2.57. The Kier molecular flexibility index (Phi) is 7.27. The number of carbonyl (C=O) groups is 2. The van der Waals surface area contributed by atoms with Crippen LogP contribution in [0.15, 0.2) is 24.3 Å². The highest BCUT2D eigenvalue weighted by Gasteiger charge is 2.26. The third-order valence-electron chi connectivity index (χ3n) is 4.13. The van der Waals surface area contributed by atoms with Crippen LogP contribution >= 0.6 is 0 Å². The second-order valence-electron chi connectivity index (χ2n) is 9.24. The summed E-state index contributed by atoms with van der Waals surface area (Å²) in [4.78, 5) is 30.2. The number of likely N-dealkylation sites (tertiary alicyclic amines) is 1. The van der Waals surface area contributed by atoms with Crippen LogP contribution < -0.4 is 5.32 Å². The molecule has 0 unspecified atom stereocenters. The van der Waals surface area contributed by atoms with E-state index >= 15 is 0 Å². The monoisotopic (exact) mass is 403 g/mol. The van der Waals surface area contributed by atoms with E-state index in [4.69, 9.17) is 9.47 Å². The predicted molar refractivity (Wildman–Crippen MR) is 114 cm³/mol. The zero-order valence-corrected chi connectivity index (χ0v) is 18.3. The lowest BCUT2D eigenvalue weighted by atomic mass is 9.96. The molecule has 1 fully saturated rings. The SMILES string of the molecule is CC(C)(C)OC(=O)Nc1cccc(/C=C/C2CCN(C(=O)OC(C)(C)C)CC2)n1. The molecular weight excluding hydrogens is 370 g/mol. The molecule has 1 aliphatic heterocycles. The van der Waals surface area contributed by atoms with Crippen molar-refractivity contribution < 1.29 is 19.1 Å². The topological polar surface area (TPSA) is 80.8 Å². The first-order chi connectivity index (χ1) is 13.4. The molecule has 0 aliphatic carbocycles. The Morgan fingerprint density at radius 1 is 1.07 bits per heavy atom. The van der Waals surface area contributed by atoms with Crippen LogP contribution in [0.25, 0.3) is 6.08 Å². The van der Waals surface area contributed by atoms with E-state index in [-0.39, 0.29) is 6.09 Å². The van der Waals surface area contributed by atoms with Crippen LogP contribution in [-0.2, 0) is 9.47 Å². The van der Waals surface area contributed by atoms with E-state index in [2.05, 4.69) is 16.4 Å². The zero-order valence-electron chi connectivity index (χ0n) is 18.3. The summed E-state index contributed by atoms with van der Waals surface area (Å²) in [6.07, 6.45) is 5.06. The van der Waals surface area contributed by atoms with Gasteiger partial charge < -0.3 is 14.4 Å². The van der Waals surface area contributed by atoms with E-state index in [1.54, 1.807) is 11.0 Å². The van der Waals surface area contributed by atoms with E-state index in [1.165, 1.54) is 0 Å². The minimum Gasteiger partial charge on any atom is -0.444 e. The Morgan fingerprint density at radius 3 is 2.28 bits per heavy atom. The quantitative estimate of drug-likeness (QED) is 0.760. The van der Waals surface area contributed by atoms with E-state index in [0.29, 0.717) is 24.8 Å². The molecule has 0 saturated carbocycles. The second kappa shape index (κ2) is 9.29. The van der Waals surface area contributed by atoms with Gasteiger partial charge in [-0.2, -0.15) is 0 Å². The number of hydrogen-bond acceptors (Lipinski definition) is 5. The molecule has 2 rings (SSSR count). The van der Waals surface area contributed by atoms with Gasteiger partial charge in [0.1, 0.15) is 17.0 Å². The lowest BCUT2D eigenvalue weighted by molar-refractivity contribution is 0.0197. The van der Waals surface area contributed by atoms with E-state index in [9.17, 15) is 9.59 Å². The van der Waals surface area contributed by atoms with Crippen molar-refractivity contribution in [1.29, 1.82) is 0 Å². The fourth-order valence-electron chi connectivity index (χ4n) is 2.86. The van der Waals surface area contributed by atoms with Gasteiger partial charge in [-0.05, 0) is 78.5 Å². The molecule has 1 saturated heterocycles. The Bertz CT molecular complexity index is 739. The molecule has 0 aromatic carbocycles. The Morgan fingerprint density at radius 2 is 1.69 bits per heavy atom. The molecule has 1 aliphatic rings. The van der Waals surface area contributed by atoms with Gasteiger partial charge in [-0.25, -0.2) is 14.6 Å². The minimum atomic E-state index is -0.560. The first kappa shape index (κ1) is 22.7. The lowest BCUT2D eigenvalue weighted by Gasteiger charge is -2.32. The molecule has 0 atom stereocenters. The molecule has 0 radical (unpaired) electrons. The van der Waals surface area contributed by atoms with Gasteiger partial charge in [-0.1, -0.05) is 12.1 Å². The standard InChI is InChI=1S/C22H33N3O4/c1-21(2,3)28-19(26)24-18-9-7-8-17(23-18)11-10-16-12-14-25(15-13-16)20(27)29-22(4,5)6/h7-11,16H,12-15H2,1-6H3,(H,23,24,26)/b11-10+. The largest absolute Gasteiger partial charge is 0.444 e. The summed E-state index contributed by atoms with van der Waals surface area (Å²) in [6.45, 7) is 12.4. The van der Waals surface area contributed by atoms with Gasteiger partial charge in [-0.15, -0.1) is 0 Å². The van der Waals surface area contributed by atoms with Crippen molar-refractivity contribution in [3.8, 4) is 0 Å². The highest BCUT2D eigenvalue weighted by atomic mass is 16.6. The number of piperidine rings is 1. The minimum absolute atomic E-state index is 0.248. The number of rotatable bonds is 3.